The molecule has 602 valence electrons. The van der Waals surface area contributed by atoms with E-state index in [9.17, 15) is 67.1 Å². The van der Waals surface area contributed by atoms with Crippen LogP contribution in [-0.2, 0) is 85.1 Å². The van der Waals surface area contributed by atoms with Gasteiger partial charge in [-0.25, -0.2) is 24.4 Å². The van der Waals surface area contributed by atoms with Crippen LogP contribution in [0.4, 0.5) is 9.59 Å². The molecule has 0 unspecified atom stereocenters. The number of rotatable bonds is 27. The number of urea groups is 1. The Bertz CT molecular complexity index is 4420. The molecule has 7 aromatic carbocycles. The van der Waals surface area contributed by atoms with E-state index in [-0.39, 0.29) is 93.4 Å². The van der Waals surface area contributed by atoms with E-state index in [1.807, 2.05) is 135 Å². The van der Waals surface area contributed by atoms with Crippen molar-refractivity contribution in [1.82, 2.24) is 56.4 Å². The third-order valence-corrected chi connectivity index (χ3v) is 19.3. The molecule has 2 fully saturated rings. The molecule has 4 heterocycles. The molecule has 7 N–H and O–H groups in total. The van der Waals surface area contributed by atoms with Crippen LogP contribution in [0.2, 0.25) is 0 Å². The van der Waals surface area contributed by atoms with Crippen LogP contribution in [0.15, 0.2) is 200 Å². The minimum atomic E-state index is -1.34. The summed E-state index contributed by atoms with van der Waals surface area (Å²) in [5.74, 6) is -6.10. The summed E-state index contributed by atoms with van der Waals surface area (Å²) in [6, 6.07) is 52.1. The summed E-state index contributed by atoms with van der Waals surface area (Å²) in [6.45, 7) is 3.07. The smallest absolute Gasteiger partial charge is 0.337 e. The molecule has 4 aliphatic heterocycles. The summed E-state index contributed by atoms with van der Waals surface area (Å²) >= 11 is 1.06. The fraction of sp³-hybridized carbons (Fsp3) is 0.333. The maximum absolute atomic E-state index is 14.4. The Morgan fingerprint density at radius 2 is 0.816 bits per heavy atom. The number of hydrogen-bond donors (Lipinski definition) is 6. The largest absolute Gasteiger partial charge is 0.467 e. The van der Waals surface area contributed by atoms with Crippen molar-refractivity contribution in [2.45, 2.75) is 130 Å². The van der Waals surface area contributed by atoms with Gasteiger partial charge in [0.1, 0.15) is 43.3 Å². The van der Waals surface area contributed by atoms with Crippen LogP contribution in [0.25, 0.3) is 0 Å². The first-order valence-electron chi connectivity index (χ1n) is 36.5. The number of fused-ring (bicyclic) bond motifs is 2. The van der Waals surface area contributed by atoms with E-state index in [1.54, 1.807) is 66.7 Å². The van der Waals surface area contributed by atoms with Gasteiger partial charge < -0.3 is 45.7 Å². The second-order valence-corrected chi connectivity index (χ2v) is 27.6. The Kier molecular flexibility index (Phi) is 34.3. The number of esters is 2. The molecule has 0 aromatic heterocycles. The van der Waals surface area contributed by atoms with Crippen molar-refractivity contribution in [3.8, 4) is 0 Å². The van der Waals surface area contributed by atoms with Crippen LogP contribution in [0.1, 0.15) is 130 Å². The summed E-state index contributed by atoms with van der Waals surface area (Å²) in [5, 5.41) is 10.0. The van der Waals surface area contributed by atoms with Gasteiger partial charge in [-0.05, 0) is 89.9 Å². The maximum Gasteiger partial charge on any atom is 0.337 e. The van der Waals surface area contributed by atoms with Gasteiger partial charge in [-0.2, -0.15) is 0 Å². The van der Waals surface area contributed by atoms with E-state index in [1.165, 1.54) is 41.2 Å². The molecular weight excluding hydrogens is 1480 g/mol. The van der Waals surface area contributed by atoms with E-state index in [0.29, 0.717) is 50.0 Å². The predicted octanol–water partition coefficient (Wildman–Crippen LogP) is 7.58. The minimum absolute atomic E-state index is 0. The van der Waals surface area contributed by atoms with Gasteiger partial charge in [0.05, 0.1) is 68.8 Å². The van der Waals surface area contributed by atoms with Crippen molar-refractivity contribution in [2.75, 3.05) is 52.8 Å². The average molecular weight is 1580 g/mol. The lowest BCUT2D eigenvalue weighted by molar-refractivity contribution is -0.147. The van der Waals surface area contributed by atoms with Gasteiger partial charge in [0.25, 0.3) is 40.7 Å². The number of nitrogens with two attached hydrogens (primary N) is 1. The average Bonchev–Trinajstić information content (AvgIpc) is 1.64. The van der Waals surface area contributed by atoms with Gasteiger partial charge in [0.15, 0.2) is 0 Å². The monoisotopic (exact) mass is 1580 g/mol. The maximum atomic E-state index is 14.4. The number of carbonyl (C=O) groups excluding carboxylic acids is 14. The molecule has 4 aliphatic rings. The summed E-state index contributed by atoms with van der Waals surface area (Å²) in [7, 11) is 2.52. The number of ether oxygens (including phenoxy) is 3. The van der Waals surface area contributed by atoms with Crippen LogP contribution in [-0.4, -0.2) is 201 Å². The molecule has 2 saturated heterocycles. The topological polar surface area (TPSA) is 372 Å². The lowest BCUT2D eigenvalue weighted by Gasteiger charge is -2.31. The molecule has 13 amide bonds. The van der Waals surface area contributed by atoms with Crippen LogP contribution in [0.5, 0.6) is 0 Å². The van der Waals surface area contributed by atoms with Crippen molar-refractivity contribution in [2.24, 2.45) is 5.73 Å². The molecule has 30 heteroatoms. The quantitative estimate of drug-likeness (QED) is 0.0164. The number of thioether (sulfide) groups is 1. The number of nitrogens with zero attached hydrogens (tertiary/aromatic N) is 6. The number of imide groups is 2. The molecule has 7 aromatic rings. The van der Waals surface area contributed by atoms with Crippen LogP contribution >= 0.6 is 11.8 Å². The van der Waals surface area contributed by atoms with E-state index in [2.05, 4.69) is 26.8 Å². The second-order valence-electron chi connectivity index (χ2n) is 26.3. The molecule has 6 atom stereocenters. The lowest BCUT2D eigenvalue weighted by atomic mass is 10.1. The Labute approximate surface area is 666 Å². The number of likely N-dealkylation sites (tertiary alicyclic amines) is 2. The van der Waals surface area contributed by atoms with Crippen LogP contribution < -0.4 is 32.5 Å². The molecule has 0 radical (unpaired) electrons. The van der Waals surface area contributed by atoms with E-state index >= 15 is 0 Å². The first kappa shape index (κ1) is 88.8. The predicted molar refractivity (Wildman–Crippen MR) is 425 cm³/mol. The highest BCUT2D eigenvalue weighted by Gasteiger charge is 2.43. The van der Waals surface area contributed by atoms with E-state index in [0.717, 1.165) is 55.2 Å². The standard InChI is InChI=1S/C43H44N6O9.C20H19N3O4S.C19H27N3O4.2CH4/c1-57-42(55)34(24-29-14-5-2-6-15-29)44-38(51)36-22-13-23-47(36)41(54)35(28-58-27-31-18-9-4-10-19-31)45-43(56)49(25-30-16-7-3-8-17-30)46-37(50)26-48-39(52)32-20-11-12-21-33(32)40(48)53;1-2-28-20(27)23(12-14-8-4-3-5-9-14)21-17(24)13-22-18(25)15-10-6-7-11-16(15)19(22)26;1-3-14(20)18(24)22-11-7-10-16(22)17(23)21-15(19(25)26-2)12-13-8-5-4-6-9-13;;/h2-12,14-21,34-36H,13,22-28H2,1H3,(H,44,51)(H,45,56)(H,46,50);3-11H,2,12-13H2,1H3,(H,21,24);4-6,8-9,14-16H,3,7,10-12,20H2,1-2H3,(H,21,23);2*1H4/t34-,35-,36+;;14-,15-,16+;;/m0.0../s1. The molecule has 0 spiro atoms. The van der Waals surface area contributed by atoms with Crippen LogP contribution in [0, 0.1) is 0 Å². The number of benzene rings is 7. The van der Waals surface area contributed by atoms with Crippen molar-refractivity contribution >= 4 is 94.0 Å². The molecule has 11 rings (SSSR count). The number of hydrazine groups is 2. The number of carbonyl (C=O) groups is 14. The third-order valence-electron chi connectivity index (χ3n) is 18.6. The molecule has 0 bridgehead atoms. The Balaban J connectivity index is 0.000000267. The normalized spacial score (nSPS) is 15.3. The number of nitrogens with one attached hydrogen (secondary N) is 5. The summed E-state index contributed by atoms with van der Waals surface area (Å²) < 4.78 is 15.7. The molecule has 0 aliphatic carbocycles. The number of amides is 13. The van der Waals surface area contributed by atoms with Gasteiger partial charge in [0.2, 0.25) is 23.6 Å². The van der Waals surface area contributed by atoms with Gasteiger partial charge in [-0.15, -0.1) is 0 Å². The first-order chi connectivity index (χ1) is 54.1. The zero-order valence-electron chi connectivity index (χ0n) is 62.4. The summed E-state index contributed by atoms with van der Waals surface area (Å²) in [4.78, 5) is 186. The van der Waals surface area contributed by atoms with Crippen molar-refractivity contribution < 1.29 is 81.3 Å². The zero-order valence-corrected chi connectivity index (χ0v) is 63.3. The zero-order chi connectivity index (χ0) is 80.2. The second kappa shape index (κ2) is 44.0. The van der Waals surface area contributed by atoms with Crippen molar-refractivity contribution in [1.29, 1.82) is 0 Å². The Hall–Kier alpha value is -12.4. The molecular formula is C84H98N12O17S. The molecule has 29 nitrogen and oxygen atoms in total. The SMILES string of the molecule is C.C.CCSC(=O)N(Cc1ccccc1)NC(=O)CN1C(=O)c2ccccc2C1=O.CC[C@H](N)C(=O)N1CCC[C@@H]1C(=O)N[C@@H](Cc1ccccc1)C(=O)OC.COC(=O)[C@H](Cc1ccccc1)NC(=O)[C@H]1CCCN1C(=O)[C@H](COCc1ccccc1)NC(=O)N(Cc1ccccc1)NC(=O)CN1C(=O)c2ccccc2C1=O. The van der Waals surface area contributed by atoms with Crippen molar-refractivity contribution in [3.05, 3.63) is 250 Å². The molecule has 0 saturated carbocycles. The third kappa shape index (κ3) is 24.1. The first-order valence-corrected chi connectivity index (χ1v) is 37.5. The lowest BCUT2D eigenvalue weighted by Crippen LogP contribution is -2.60. The van der Waals surface area contributed by atoms with Gasteiger partial charge in [-0.3, -0.25) is 73.4 Å². The highest BCUT2D eigenvalue weighted by Crippen LogP contribution is 2.26. The Morgan fingerprint density at radius 3 is 1.19 bits per heavy atom. The summed E-state index contributed by atoms with van der Waals surface area (Å²) in [6.07, 6.45) is 3.09. The highest BCUT2D eigenvalue weighted by atomic mass is 32.2. The van der Waals surface area contributed by atoms with Gasteiger partial charge in [0, 0.05) is 25.9 Å². The van der Waals surface area contributed by atoms with Crippen LogP contribution in [0.3, 0.4) is 0 Å². The minimum Gasteiger partial charge on any atom is -0.467 e. The Morgan fingerprint density at radius 1 is 0.465 bits per heavy atom. The summed E-state index contributed by atoms with van der Waals surface area (Å²) in [5.41, 5.74) is 15.7. The van der Waals surface area contributed by atoms with Gasteiger partial charge >= 0.3 is 18.0 Å². The van der Waals surface area contributed by atoms with E-state index < -0.39 is 115 Å². The fourth-order valence-electron chi connectivity index (χ4n) is 12.8. The highest BCUT2D eigenvalue weighted by molar-refractivity contribution is 8.13. The number of hydrogen-bond acceptors (Lipinski definition) is 19. The van der Waals surface area contributed by atoms with Gasteiger partial charge in [-0.1, -0.05) is 216 Å². The fourth-order valence-corrected chi connectivity index (χ4v) is 13.4. The van der Waals surface area contributed by atoms with Crippen molar-refractivity contribution in [3.63, 3.8) is 0 Å². The number of methoxy groups -OCH3 is 2. The molecule has 114 heavy (non-hydrogen) atoms. The van der Waals surface area contributed by atoms with E-state index in [4.69, 9.17) is 19.9 Å².